The first-order chi connectivity index (χ1) is 12.7. The van der Waals surface area contributed by atoms with Gasteiger partial charge in [0.05, 0.1) is 6.54 Å². The Morgan fingerprint density at radius 1 is 1.07 bits per heavy atom. The van der Waals surface area contributed by atoms with E-state index >= 15 is 0 Å². The maximum absolute atomic E-state index is 12.4. The summed E-state index contributed by atoms with van der Waals surface area (Å²) >= 11 is 0. The minimum atomic E-state index is -0.481. The van der Waals surface area contributed by atoms with Crippen molar-refractivity contribution in [2.45, 2.75) is 25.7 Å². The lowest BCUT2D eigenvalue weighted by Crippen LogP contribution is -2.37. The molecule has 1 aliphatic carbocycles. The Bertz CT molecular complexity index is 830. The third kappa shape index (κ3) is 4.03. The van der Waals surface area contributed by atoms with E-state index in [1.54, 1.807) is 24.3 Å². The molecule has 1 atom stereocenters. The summed E-state index contributed by atoms with van der Waals surface area (Å²) in [6.45, 7) is 5.71. The summed E-state index contributed by atoms with van der Waals surface area (Å²) in [6.07, 6.45) is 1.12. The second-order valence-corrected chi connectivity index (χ2v) is 8.17. The zero-order chi connectivity index (χ0) is 19.7. The molecular formula is C22H27N3O2. The van der Waals surface area contributed by atoms with Crippen molar-refractivity contribution < 1.29 is 9.59 Å². The number of amides is 2. The lowest BCUT2D eigenvalue weighted by molar-refractivity contribution is -0.117. The van der Waals surface area contributed by atoms with Gasteiger partial charge in [-0.05, 0) is 48.7 Å². The van der Waals surface area contributed by atoms with Crippen LogP contribution >= 0.6 is 0 Å². The zero-order valence-electron chi connectivity index (χ0n) is 16.2. The molecule has 0 bridgehead atoms. The molecule has 0 spiro atoms. The number of hydrogen-bond donors (Lipinski definition) is 2. The molecule has 142 valence electrons. The molecule has 5 heteroatoms. The van der Waals surface area contributed by atoms with E-state index in [2.05, 4.69) is 48.3 Å². The average Bonchev–Trinajstić information content (AvgIpc) is 3.17. The molecule has 3 N–H and O–H groups in total. The van der Waals surface area contributed by atoms with Gasteiger partial charge in [0.25, 0.3) is 0 Å². The van der Waals surface area contributed by atoms with Gasteiger partial charge in [-0.3, -0.25) is 14.5 Å². The molecule has 2 amide bonds. The van der Waals surface area contributed by atoms with Crippen molar-refractivity contribution in [2.24, 2.45) is 11.1 Å². The molecule has 3 rings (SSSR count). The number of nitrogens with one attached hydrogen (secondary N) is 1. The van der Waals surface area contributed by atoms with Gasteiger partial charge in [-0.1, -0.05) is 44.2 Å². The normalized spacial score (nSPS) is 20.3. The standard InChI is InChI=1S/C22H27N3O2/c1-21(2)14-22(21,17-7-5-4-6-8-17)15-25(3)13-19(26)24-18-11-9-16(10-12-18)20(23)27/h4-12H,13-15H2,1-3H3,(H2,23,27)(H,24,26)/t22-/m1/s1. The van der Waals surface area contributed by atoms with Crippen LogP contribution in [-0.4, -0.2) is 36.9 Å². The van der Waals surface area contributed by atoms with Crippen molar-refractivity contribution in [3.8, 4) is 0 Å². The van der Waals surface area contributed by atoms with E-state index in [1.165, 1.54) is 5.56 Å². The Labute approximate surface area is 160 Å². The van der Waals surface area contributed by atoms with Gasteiger partial charge in [0, 0.05) is 23.2 Å². The van der Waals surface area contributed by atoms with Crippen molar-refractivity contribution in [2.75, 3.05) is 25.5 Å². The number of carbonyl (C=O) groups excluding carboxylic acids is 2. The summed E-state index contributed by atoms with van der Waals surface area (Å²) in [5.74, 6) is -0.558. The predicted octanol–water partition coefficient (Wildman–Crippen LogP) is 3.02. The minimum absolute atomic E-state index is 0.0778. The Balaban J connectivity index is 1.60. The van der Waals surface area contributed by atoms with Crippen LogP contribution in [-0.2, 0) is 10.2 Å². The van der Waals surface area contributed by atoms with Crippen LogP contribution in [0.2, 0.25) is 0 Å². The molecular weight excluding hydrogens is 338 g/mol. The molecule has 27 heavy (non-hydrogen) atoms. The summed E-state index contributed by atoms with van der Waals surface area (Å²) < 4.78 is 0. The minimum Gasteiger partial charge on any atom is -0.366 e. The number of nitrogens with zero attached hydrogens (tertiary/aromatic N) is 1. The molecule has 1 aliphatic rings. The number of benzene rings is 2. The van der Waals surface area contributed by atoms with Gasteiger partial charge in [-0.2, -0.15) is 0 Å². The molecule has 0 aromatic heterocycles. The highest BCUT2D eigenvalue weighted by Crippen LogP contribution is 2.64. The number of anilines is 1. The molecule has 2 aromatic carbocycles. The molecule has 1 fully saturated rings. The second kappa shape index (κ2) is 7.16. The van der Waals surface area contributed by atoms with E-state index < -0.39 is 5.91 Å². The van der Waals surface area contributed by atoms with E-state index in [0.29, 0.717) is 17.8 Å². The number of likely N-dealkylation sites (N-methyl/N-ethyl adjacent to an activating group) is 1. The summed E-state index contributed by atoms with van der Waals surface area (Å²) in [7, 11) is 1.98. The van der Waals surface area contributed by atoms with E-state index in [9.17, 15) is 9.59 Å². The van der Waals surface area contributed by atoms with Crippen LogP contribution in [0, 0.1) is 5.41 Å². The smallest absolute Gasteiger partial charge is 0.248 e. The first kappa shape index (κ1) is 19.1. The fraction of sp³-hybridized carbons (Fsp3) is 0.364. The zero-order valence-corrected chi connectivity index (χ0v) is 16.2. The van der Waals surface area contributed by atoms with Gasteiger partial charge in [0.15, 0.2) is 0 Å². The van der Waals surface area contributed by atoms with E-state index in [0.717, 1.165) is 13.0 Å². The van der Waals surface area contributed by atoms with Crippen LogP contribution in [0.4, 0.5) is 5.69 Å². The molecule has 0 unspecified atom stereocenters. The first-order valence-corrected chi connectivity index (χ1v) is 9.17. The van der Waals surface area contributed by atoms with Gasteiger partial charge >= 0.3 is 0 Å². The summed E-state index contributed by atoms with van der Waals surface area (Å²) in [4.78, 5) is 25.6. The van der Waals surface area contributed by atoms with Crippen LogP contribution in [0.3, 0.4) is 0 Å². The first-order valence-electron chi connectivity index (χ1n) is 9.17. The monoisotopic (exact) mass is 365 g/mol. The maximum Gasteiger partial charge on any atom is 0.248 e. The molecule has 5 nitrogen and oxygen atoms in total. The molecule has 0 saturated heterocycles. The largest absolute Gasteiger partial charge is 0.366 e. The fourth-order valence-electron chi connectivity index (χ4n) is 4.00. The van der Waals surface area contributed by atoms with Gasteiger partial charge in [-0.25, -0.2) is 0 Å². The number of rotatable bonds is 7. The van der Waals surface area contributed by atoms with Crippen LogP contribution in [0.5, 0.6) is 0 Å². The van der Waals surface area contributed by atoms with Crippen molar-refractivity contribution in [3.05, 3.63) is 65.7 Å². The Morgan fingerprint density at radius 2 is 1.67 bits per heavy atom. The van der Waals surface area contributed by atoms with E-state index in [-0.39, 0.29) is 16.7 Å². The van der Waals surface area contributed by atoms with Crippen molar-refractivity contribution in [3.63, 3.8) is 0 Å². The molecule has 2 aromatic rings. The van der Waals surface area contributed by atoms with Crippen molar-refractivity contribution >= 4 is 17.5 Å². The highest BCUT2D eigenvalue weighted by molar-refractivity contribution is 5.95. The van der Waals surface area contributed by atoms with Gasteiger partial charge in [0.1, 0.15) is 0 Å². The molecule has 1 saturated carbocycles. The van der Waals surface area contributed by atoms with Crippen LogP contribution in [0.1, 0.15) is 36.2 Å². The number of primary amides is 1. The third-order valence-electron chi connectivity index (χ3n) is 5.65. The Morgan fingerprint density at radius 3 is 2.19 bits per heavy atom. The second-order valence-electron chi connectivity index (χ2n) is 8.17. The lowest BCUT2D eigenvalue weighted by Gasteiger charge is -2.27. The quantitative estimate of drug-likeness (QED) is 0.792. The van der Waals surface area contributed by atoms with Gasteiger partial charge < -0.3 is 11.1 Å². The van der Waals surface area contributed by atoms with Gasteiger partial charge in [0.2, 0.25) is 11.8 Å². The SMILES string of the molecule is CN(CC(=O)Nc1ccc(C(N)=O)cc1)C[C@@]1(c2ccccc2)CC1(C)C. The van der Waals surface area contributed by atoms with E-state index in [4.69, 9.17) is 5.73 Å². The Hall–Kier alpha value is -2.66. The number of hydrogen-bond acceptors (Lipinski definition) is 3. The molecule has 0 aliphatic heterocycles. The fourth-order valence-corrected chi connectivity index (χ4v) is 4.00. The van der Waals surface area contributed by atoms with Crippen LogP contribution < -0.4 is 11.1 Å². The molecule has 0 heterocycles. The van der Waals surface area contributed by atoms with E-state index in [1.807, 2.05) is 13.1 Å². The third-order valence-corrected chi connectivity index (χ3v) is 5.65. The van der Waals surface area contributed by atoms with Crippen LogP contribution in [0.25, 0.3) is 0 Å². The molecule has 0 radical (unpaired) electrons. The summed E-state index contributed by atoms with van der Waals surface area (Å²) in [5.41, 5.74) is 7.96. The van der Waals surface area contributed by atoms with Crippen LogP contribution in [0.15, 0.2) is 54.6 Å². The lowest BCUT2D eigenvalue weighted by atomic mass is 9.87. The highest BCUT2D eigenvalue weighted by atomic mass is 16.2. The summed E-state index contributed by atoms with van der Waals surface area (Å²) in [6, 6.07) is 17.2. The van der Waals surface area contributed by atoms with Crippen molar-refractivity contribution in [1.29, 1.82) is 0 Å². The number of nitrogens with two attached hydrogens (primary N) is 1. The predicted molar refractivity (Wildman–Crippen MR) is 108 cm³/mol. The Kier molecular flexibility index (Phi) is 5.07. The van der Waals surface area contributed by atoms with Gasteiger partial charge in [-0.15, -0.1) is 0 Å². The average molecular weight is 365 g/mol. The summed E-state index contributed by atoms with van der Waals surface area (Å²) in [5, 5.41) is 2.87. The topological polar surface area (TPSA) is 75.4 Å². The number of carbonyl (C=O) groups is 2. The maximum atomic E-state index is 12.4. The van der Waals surface area contributed by atoms with Crippen molar-refractivity contribution in [1.82, 2.24) is 4.90 Å². The highest BCUT2D eigenvalue weighted by Gasteiger charge is 2.61.